The largest absolute Gasteiger partial charge is 0.465 e. The maximum atomic E-state index is 10.6. The first-order chi connectivity index (χ1) is 8.65. The normalized spacial score (nSPS) is 10.3. The van der Waals surface area contributed by atoms with Gasteiger partial charge in [-0.1, -0.05) is 28.9 Å². The molecule has 0 aliphatic heterocycles. The molecule has 0 spiro atoms. The number of aromatic nitrogens is 1. The fourth-order valence-corrected chi connectivity index (χ4v) is 1.70. The second-order valence-corrected chi connectivity index (χ2v) is 4.22. The topological polar surface area (TPSA) is 52.3 Å². The molecule has 4 nitrogen and oxygen atoms in total. The van der Waals surface area contributed by atoms with Crippen LogP contribution in [0.3, 0.4) is 0 Å². The van der Waals surface area contributed by atoms with Crippen LogP contribution in [0.2, 0.25) is 5.02 Å². The molecular formula is C13H12ClNO3. The van der Waals surface area contributed by atoms with Crippen molar-refractivity contribution in [3.63, 3.8) is 0 Å². The monoisotopic (exact) mass is 265 g/mol. The molecule has 0 fully saturated rings. The molecule has 0 atom stereocenters. The molecule has 0 saturated heterocycles. The van der Waals surface area contributed by atoms with Gasteiger partial charge in [0.25, 0.3) is 0 Å². The average molecular weight is 266 g/mol. The van der Waals surface area contributed by atoms with E-state index in [1.165, 1.54) is 6.92 Å². The highest BCUT2D eigenvalue weighted by molar-refractivity contribution is 6.30. The molecule has 2 aromatic rings. The van der Waals surface area contributed by atoms with E-state index in [-0.39, 0.29) is 5.97 Å². The number of carbonyl (C=O) groups is 1. The Bertz CT molecular complexity index is 551. The molecule has 0 bridgehead atoms. The van der Waals surface area contributed by atoms with Crippen molar-refractivity contribution in [1.29, 1.82) is 0 Å². The van der Waals surface area contributed by atoms with Gasteiger partial charge in [0.2, 0.25) is 0 Å². The lowest BCUT2D eigenvalue weighted by atomic mass is 10.1. The molecule has 0 saturated carbocycles. The van der Waals surface area contributed by atoms with Gasteiger partial charge in [0.1, 0.15) is 0 Å². The third-order valence-corrected chi connectivity index (χ3v) is 2.57. The lowest BCUT2D eigenvalue weighted by molar-refractivity contribution is -0.140. The van der Waals surface area contributed by atoms with Crippen LogP contribution in [0, 0.1) is 0 Å². The lowest BCUT2D eigenvalue weighted by Crippen LogP contribution is -2.03. The molecule has 0 radical (unpaired) electrons. The molecule has 0 aliphatic carbocycles. The van der Waals surface area contributed by atoms with Gasteiger partial charge in [-0.05, 0) is 12.1 Å². The van der Waals surface area contributed by atoms with Gasteiger partial charge in [0, 0.05) is 30.0 Å². The molecule has 0 aliphatic rings. The van der Waals surface area contributed by atoms with Crippen molar-refractivity contribution in [2.45, 2.75) is 13.3 Å². The fraction of sp³-hybridized carbons (Fsp3) is 0.231. The van der Waals surface area contributed by atoms with Gasteiger partial charge in [-0.25, -0.2) is 0 Å². The summed E-state index contributed by atoms with van der Waals surface area (Å²) in [6.07, 6.45) is 0.531. The Morgan fingerprint density at radius 3 is 3.00 bits per heavy atom. The number of ether oxygens (including phenoxy) is 1. The Labute approximate surface area is 109 Å². The minimum atomic E-state index is -0.298. The minimum Gasteiger partial charge on any atom is -0.465 e. The number of esters is 1. The summed E-state index contributed by atoms with van der Waals surface area (Å²) in [5.41, 5.74) is 1.61. The summed E-state index contributed by atoms with van der Waals surface area (Å²) in [5, 5.41) is 4.55. The average Bonchev–Trinajstić information content (AvgIpc) is 2.77. The third-order valence-electron chi connectivity index (χ3n) is 2.33. The van der Waals surface area contributed by atoms with Crippen molar-refractivity contribution in [2.24, 2.45) is 0 Å². The Morgan fingerprint density at radius 1 is 1.44 bits per heavy atom. The lowest BCUT2D eigenvalue weighted by Gasteiger charge is -1.97. The molecular weight excluding hydrogens is 254 g/mol. The predicted octanol–water partition coefficient (Wildman–Crippen LogP) is 3.10. The van der Waals surface area contributed by atoms with E-state index in [0.717, 1.165) is 11.3 Å². The van der Waals surface area contributed by atoms with Gasteiger partial charge in [0.15, 0.2) is 5.76 Å². The maximum absolute atomic E-state index is 10.6. The minimum absolute atomic E-state index is 0.298. The van der Waals surface area contributed by atoms with E-state index in [1.54, 1.807) is 12.1 Å². The number of hydrogen-bond acceptors (Lipinski definition) is 4. The van der Waals surface area contributed by atoms with Crippen LogP contribution in [0.5, 0.6) is 0 Å². The summed E-state index contributed by atoms with van der Waals surface area (Å²) in [7, 11) is 0. The number of halogens is 1. The summed E-state index contributed by atoms with van der Waals surface area (Å²) < 4.78 is 10.1. The van der Waals surface area contributed by atoms with Crippen LogP contribution in [0.1, 0.15) is 12.6 Å². The first kappa shape index (κ1) is 12.6. The highest BCUT2D eigenvalue weighted by Gasteiger charge is 2.07. The van der Waals surface area contributed by atoms with Gasteiger partial charge in [-0.15, -0.1) is 0 Å². The summed E-state index contributed by atoms with van der Waals surface area (Å²) in [6, 6.07) is 9.15. The van der Waals surface area contributed by atoms with Crippen LogP contribution in [0.4, 0.5) is 0 Å². The van der Waals surface area contributed by atoms with Crippen LogP contribution >= 0.6 is 11.6 Å². The highest BCUT2D eigenvalue weighted by Crippen LogP contribution is 2.23. The van der Waals surface area contributed by atoms with Crippen LogP contribution in [0.25, 0.3) is 11.3 Å². The van der Waals surface area contributed by atoms with Gasteiger partial charge in [0.05, 0.1) is 12.3 Å². The van der Waals surface area contributed by atoms with Crippen molar-refractivity contribution in [1.82, 2.24) is 5.16 Å². The molecule has 5 heteroatoms. The molecule has 1 aromatic heterocycles. The van der Waals surface area contributed by atoms with Crippen LogP contribution in [0.15, 0.2) is 34.9 Å². The molecule has 2 rings (SSSR count). The summed E-state index contributed by atoms with van der Waals surface area (Å²) in [6.45, 7) is 1.68. The molecule has 1 aromatic carbocycles. The Balaban J connectivity index is 2.04. The highest BCUT2D eigenvalue weighted by atomic mass is 35.5. The molecule has 0 amide bonds. The number of nitrogens with zero attached hydrogens (tertiary/aromatic N) is 1. The number of rotatable bonds is 4. The van der Waals surface area contributed by atoms with Crippen molar-refractivity contribution >= 4 is 17.6 Å². The maximum Gasteiger partial charge on any atom is 0.302 e. The smallest absolute Gasteiger partial charge is 0.302 e. The van der Waals surface area contributed by atoms with Crippen LogP contribution in [-0.2, 0) is 16.0 Å². The van der Waals surface area contributed by atoms with Crippen molar-refractivity contribution < 1.29 is 14.1 Å². The number of carbonyl (C=O) groups excluding carboxylic acids is 1. The van der Waals surface area contributed by atoms with E-state index in [4.69, 9.17) is 20.9 Å². The van der Waals surface area contributed by atoms with E-state index in [9.17, 15) is 4.79 Å². The molecule has 94 valence electrons. The van der Waals surface area contributed by atoms with E-state index < -0.39 is 0 Å². The van der Waals surface area contributed by atoms with Crippen LogP contribution in [-0.4, -0.2) is 17.7 Å². The van der Waals surface area contributed by atoms with Crippen molar-refractivity contribution in [3.05, 3.63) is 41.0 Å². The summed E-state index contributed by atoms with van der Waals surface area (Å²) in [4.78, 5) is 10.6. The summed E-state index contributed by atoms with van der Waals surface area (Å²) in [5.74, 6) is 0.351. The van der Waals surface area contributed by atoms with E-state index in [2.05, 4.69) is 5.16 Å². The van der Waals surface area contributed by atoms with Gasteiger partial charge in [-0.2, -0.15) is 0 Å². The van der Waals surface area contributed by atoms with Gasteiger partial charge >= 0.3 is 5.97 Å². The predicted molar refractivity (Wildman–Crippen MR) is 67.3 cm³/mol. The zero-order chi connectivity index (χ0) is 13.0. The second-order valence-electron chi connectivity index (χ2n) is 3.78. The Kier molecular flexibility index (Phi) is 3.99. The quantitative estimate of drug-likeness (QED) is 0.797. The zero-order valence-corrected chi connectivity index (χ0v) is 10.6. The Morgan fingerprint density at radius 2 is 2.28 bits per heavy atom. The standard InChI is InChI=1S/C13H12ClNO3/c1-9(16)17-6-5-12-8-13(18-15-12)10-3-2-4-11(14)7-10/h2-4,7-8H,5-6H2,1H3. The van der Waals surface area contributed by atoms with Crippen molar-refractivity contribution in [2.75, 3.05) is 6.61 Å². The van der Waals surface area contributed by atoms with Crippen LogP contribution < -0.4 is 0 Å². The molecule has 0 N–H and O–H groups in total. The SMILES string of the molecule is CC(=O)OCCc1cc(-c2cccc(Cl)c2)on1. The van der Waals surface area contributed by atoms with Gasteiger partial charge < -0.3 is 9.26 Å². The second kappa shape index (κ2) is 5.69. The third kappa shape index (κ3) is 3.34. The zero-order valence-electron chi connectivity index (χ0n) is 9.85. The number of benzene rings is 1. The van der Waals surface area contributed by atoms with E-state index >= 15 is 0 Å². The fourth-order valence-electron chi connectivity index (χ4n) is 1.51. The summed E-state index contributed by atoms with van der Waals surface area (Å²) >= 11 is 5.90. The molecule has 0 unspecified atom stereocenters. The number of hydrogen-bond donors (Lipinski definition) is 0. The van der Waals surface area contributed by atoms with E-state index in [1.807, 2.05) is 18.2 Å². The molecule has 18 heavy (non-hydrogen) atoms. The first-order valence-electron chi connectivity index (χ1n) is 5.50. The molecule has 1 heterocycles. The van der Waals surface area contributed by atoms with E-state index in [0.29, 0.717) is 23.8 Å². The van der Waals surface area contributed by atoms with Gasteiger partial charge in [-0.3, -0.25) is 4.79 Å². The Hall–Kier alpha value is -1.81. The first-order valence-corrected chi connectivity index (χ1v) is 5.88. The van der Waals surface area contributed by atoms with Crippen molar-refractivity contribution in [3.8, 4) is 11.3 Å².